The molecule has 0 amide bonds. The molecule has 3 N–H and O–H groups in total. The third-order valence-corrected chi connectivity index (χ3v) is 5.22. The molecule has 1 aliphatic carbocycles. The van der Waals surface area contributed by atoms with Gasteiger partial charge in [0.1, 0.15) is 18.0 Å². The van der Waals surface area contributed by atoms with Crippen LogP contribution in [0.1, 0.15) is 25.7 Å². The number of benzene rings is 1. The van der Waals surface area contributed by atoms with Crippen molar-refractivity contribution < 1.29 is 8.42 Å². The summed E-state index contributed by atoms with van der Waals surface area (Å²) in [5, 5.41) is 7.26. The molecule has 1 fully saturated rings. The minimum atomic E-state index is -3.15. The fourth-order valence-corrected chi connectivity index (χ4v) is 4.12. The Bertz CT molecular complexity index is 854. The van der Waals surface area contributed by atoms with Gasteiger partial charge >= 0.3 is 0 Å². The van der Waals surface area contributed by atoms with Crippen molar-refractivity contribution in [1.29, 1.82) is 0 Å². The highest BCUT2D eigenvalue weighted by atomic mass is 35.5. The first-order valence-electron chi connectivity index (χ1n) is 8.46. The number of nitrogens with zero attached hydrogens (tertiary/aromatic N) is 2. The van der Waals surface area contributed by atoms with Gasteiger partial charge in [-0.05, 0) is 43.9 Å². The minimum Gasteiger partial charge on any atom is -0.367 e. The zero-order chi connectivity index (χ0) is 18.6. The molecule has 1 aliphatic rings. The van der Waals surface area contributed by atoms with Crippen LogP contribution in [-0.2, 0) is 10.0 Å². The summed E-state index contributed by atoms with van der Waals surface area (Å²) in [7, 11) is -3.15. The Morgan fingerprint density at radius 2 is 1.73 bits per heavy atom. The van der Waals surface area contributed by atoms with Crippen molar-refractivity contribution in [3.05, 3.63) is 41.7 Å². The van der Waals surface area contributed by atoms with Gasteiger partial charge in [-0.25, -0.2) is 23.1 Å². The average Bonchev–Trinajstić information content (AvgIpc) is 2.56. The lowest BCUT2D eigenvalue weighted by Crippen LogP contribution is -2.39. The van der Waals surface area contributed by atoms with Crippen molar-refractivity contribution in [2.24, 2.45) is 0 Å². The Morgan fingerprint density at radius 3 is 2.42 bits per heavy atom. The van der Waals surface area contributed by atoms with E-state index >= 15 is 0 Å². The second-order valence-electron chi connectivity index (χ2n) is 6.51. The molecule has 3 rings (SSSR count). The fraction of sp³-hybridized carbons (Fsp3) is 0.412. The molecule has 26 heavy (non-hydrogen) atoms. The molecule has 7 nitrogen and oxygen atoms in total. The first kappa shape index (κ1) is 18.9. The summed E-state index contributed by atoms with van der Waals surface area (Å²) in [5.74, 6) is 1.42. The molecule has 1 aromatic carbocycles. The maximum absolute atomic E-state index is 11.3. The molecule has 0 bridgehead atoms. The summed E-state index contributed by atoms with van der Waals surface area (Å²) in [6.45, 7) is 0. The van der Waals surface area contributed by atoms with E-state index in [-0.39, 0.29) is 12.1 Å². The number of aromatic nitrogens is 2. The Balaban J connectivity index is 1.56. The van der Waals surface area contributed by atoms with Crippen LogP contribution in [0.5, 0.6) is 0 Å². The van der Waals surface area contributed by atoms with Gasteiger partial charge in [0.05, 0.1) is 6.26 Å². The predicted octanol–water partition coefficient (Wildman–Crippen LogP) is 3.15. The van der Waals surface area contributed by atoms with E-state index in [4.69, 9.17) is 11.6 Å². The Kier molecular flexibility index (Phi) is 5.95. The lowest BCUT2D eigenvalue weighted by Gasteiger charge is -2.29. The van der Waals surface area contributed by atoms with Gasteiger partial charge in [-0.1, -0.05) is 17.7 Å². The molecular formula is C17H22ClN5O2S. The SMILES string of the molecule is CS(=O)(=O)N[C@H]1CC[C@H](Nc2cc(Nc3cccc(Cl)c3)ncn2)CC1. The zero-order valence-corrected chi connectivity index (χ0v) is 16.0. The fourth-order valence-electron chi connectivity index (χ4n) is 3.09. The van der Waals surface area contributed by atoms with Crippen LogP contribution in [-0.4, -0.2) is 36.7 Å². The standard InChI is InChI=1S/C17H22ClN5O2S/c1-26(24,25)23-14-7-5-13(6-8-14)21-16-10-17(20-11-19-16)22-15-4-2-3-12(18)9-15/h2-4,9-11,13-14,23H,5-8H2,1H3,(H2,19,20,21,22)/t13-,14-. The van der Waals surface area contributed by atoms with Gasteiger partial charge in [0.25, 0.3) is 0 Å². The van der Waals surface area contributed by atoms with Gasteiger partial charge in [-0.15, -0.1) is 0 Å². The number of hydrogen-bond donors (Lipinski definition) is 3. The third kappa shape index (κ3) is 5.82. The summed E-state index contributed by atoms with van der Waals surface area (Å²) in [6, 6.07) is 9.56. The number of halogens is 1. The van der Waals surface area contributed by atoms with E-state index in [0.717, 1.165) is 37.2 Å². The largest absolute Gasteiger partial charge is 0.367 e. The number of hydrogen-bond acceptors (Lipinski definition) is 6. The molecule has 0 unspecified atom stereocenters. The van der Waals surface area contributed by atoms with E-state index < -0.39 is 10.0 Å². The van der Waals surface area contributed by atoms with E-state index in [1.807, 2.05) is 30.3 Å². The van der Waals surface area contributed by atoms with Gasteiger partial charge in [0.2, 0.25) is 10.0 Å². The van der Waals surface area contributed by atoms with Crippen molar-refractivity contribution in [1.82, 2.24) is 14.7 Å². The molecule has 0 aliphatic heterocycles. The van der Waals surface area contributed by atoms with Crippen LogP contribution in [0.2, 0.25) is 5.02 Å². The summed E-state index contributed by atoms with van der Waals surface area (Å²) in [4.78, 5) is 8.50. The van der Waals surface area contributed by atoms with Crippen molar-refractivity contribution >= 4 is 38.9 Å². The molecule has 1 heterocycles. The molecule has 0 atom stereocenters. The van der Waals surface area contributed by atoms with Crippen molar-refractivity contribution in [3.63, 3.8) is 0 Å². The molecule has 9 heteroatoms. The van der Waals surface area contributed by atoms with Gasteiger partial charge in [0, 0.05) is 28.9 Å². The van der Waals surface area contributed by atoms with Gasteiger partial charge in [0.15, 0.2) is 0 Å². The highest BCUT2D eigenvalue weighted by Crippen LogP contribution is 2.24. The maximum atomic E-state index is 11.3. The molecule has 0 radical (unpaired) electrons. The monoisotopic (exact) mass is 395 g/mol. The number of sulfonamides is 1. The van der Waals surface area contributed by atoms with Gasteiger partial charge in [-0.3, -0.25) is 0 Å². The Labute approximate surface area is 158 Å². The molecule has 2 aromatic rings. The van der Waals surface area contributed by atoms with Gasteiger partial charge < -0.3 is 10.6 Å². The normalized spacial score (nSPS) is 20.5. The van der Waals surface area contributed by atoms with Crippen LogP contribution in [0.4, 0.5) is 17.3 Å². The van der Waals surface area contributed by atoms with E-state index in [0.29, 0.717) is 10.8 Å². The topological polar surface area (TPSA) is 96.0 Å². The minimum absolute atomic E-state index is 0.0218. The van der Waals surface area contributed by atoms with E-state index in [1.54, 1.807) is 0 Å². The lowest BCUT2D eigenvalue weighted by molar-refractivity contribution is 0.387. The second kappa shape index (κ2) is 8.20. The molecule has 1 aromatic heterocycles. The Morgan fingerprint density at radius 1 is 1.04 bits per heavy atom. The number of nitrogens with one attached hydrogen (secondary N) is 3. The molecule has 1 saturated carbocycles. The number of rotatable bonds is 6. The highest BCUT2D eigenvalue weighted by Gasteiger charge is 2.23. The summed E-state index contributed by atoms with van der Waals surface area (Å²) < 4.78 is 25.3. The van der Waals surface area contributed by atoms with E-state index in [1.165, 1.54) is 12.6 Å². The van der Waals surface area contributed by atoms with Crippen LogP contribution in [0.15, 0.2) is 36.7 Å². The van der Waals surface area contributed by atoms with Crippen LogP contribution >= 0.6 is 11.6 Å². The summed E-state index contributed by atoms with van der Waals surface area (Å²) >= 11 is 6.00. The lowest BCUT2D eigenvalue weighted by atomic mass is 9.92. The first-order valence-corrected chi connectivity index (χ1v) is 10.7. The molecule has 0 saturated heterocycles. The molecule has 0 spiro atoms. The average molecular weight is 396 g/mol. The smallest absolute Gasteiger partial charge is 0.208 e. The number of anilines is 3. The van der Waals surface area contributed by atoms with E-state index in [2.05, 4.69) is 25.3 Å². The van der Waals surface area contributed by atoms with E-state index in [9.17, 15) is 8.42 Å². The maximum Gasteiger partial charge on any atom is 0.208 e. The molecule has 140 valence electrons. The van der Waals surface area contributed by atoms with Crippen LogP contribution in [0, 0.1) is 0 Å². The van der Waals surface area contributed by atoms with Crippen LogP contribution < -0.4 is 15.4 Å². The predicted molar refractivity (Wildman–Crippen MR) is 104 cm³/mol. The highest BCUT2D eigenvalue weighted by molar-refractivity contribution is 7.88. The quantitative estimate of drug-likeness (QED) is 0.695. The van der Waals surface area contributed by atoms with Gasteiger partial charge in [-0.2, -0.15) is 0 Å². The Hall–Kier alpha value is -1.90. The van der Waals surface area contributed by atoms with Crippen molar-refractivity contribution in [2.45, 2.75) is 37.8 Å². The van der Waals surface area contributed by atoms with Crippen LogP contribution in [0.3, 0.4) is 0 Å². The third-order valence-electron chi connectivity index (χ3n) is 4.22. The summed E-state index contributed by atoms with van der Waals surface area (Å²) in [6.07, 6.45) is 6.09. The van der Waals surface area contributed by atoms with Crippen molar-refractivity contribution in [3.8, 4) is 0 Å². The van der Waals surface area contributed by atoms with Crippen molar-refractivity contribution in [2.75, 3.05) is 16.9 Å². The summed E-state index contributed by atoms with van der Waals surface area (Å²) in [5.41, 5.74) is 0.856. The first-order chi connectivity index (χ1) is 12.4. The zero-order valence-electron chi connectivity index (χ0n) is 14.4. The molecular weight excluding hydrogens is 374 g/mol. The second-order valence-corrected chi connectivity index (χ2v) is 8.72. The van der Waals surface area contributed by atoms with Crippen LogP contribution in [0.25, 0.3) is 0 Å².